The maximum Gasteiger partial charge on any atom is 0.184 e. The molecular weight excluding hydrogens is 286 g/mol. The lowest BCUT2D eigenvalue weighted by atomic mass is 9.88. The fraction of sp³-hybridized carbons (Fsp3) is 0.600. The van der Waals surface area contributed by atoms with E-state index < -0.39 is 18.6 Å². The van der Waals surface area contributed by atoms with Gasteiger partial charge in [0.25, 0.3) is 0 Å². The Bertz CT molecular complexity index is 549. The smallest absolute Gasteiger partial charge is 0.184 e. The fourth-order valence-electron chi connectivity index (χ4n) is 3.02. The van der Waals surface area contributed by atoms with Crippen LogP contribution in [0.3, 0.4) is 0 Å². The van der Waals surface area contributed by atoms with Gasteiger partial charge in [0.2, 0.25) is 0 Å². The zero-order valence-electron chi connectivity index (χ0n) is 12.5. The number of benzene rings is 1. The minimum absolute atomic E-state index is 0.0327. The molecule has 3 rings (SSSR count). The number of ether oxygens (including phenoxy) is 4. The standard InChI is InChI=1S/C15H19N3O4/c1-9-12(17-18-16)15(19-2)21-11-8-20-14(22-13(9)11)10-6-4-3-5-7-10/h3-7,9,11-15H,8H2,1-2H3/t9-,11?,12?,13+,14?,15+/m1/s1. The first kappa shape index (κ1) is 15.3. The average Bonchev–Trinajstić information content (AvgIpc) is 2.58. The molecule has 7 heteroatoms. The number of hydrogen-bond acceptors (Lipinski definition) is 5. The molecule has 2 heterocycles. The van der Waals surface area contributed by atoms with Gasteiger partial charge in [-0.15, -0.1) is 0 Å². The van der Waals surface area contributed by atoms with Crippen molar-refractivity contribution in [2.24, 2.45) is 11.0 Å². The molecule has 2 aliphatic rings. The van der Waals surface area contributed by atoms with Crippen LogP contribution in [0.15, 0.2) is 35.4 Å². The summed E-state index contributed by atoms with van der Waals surface area (Å²) in [5.74, 6) is -0.0327. The fourth-order valence-corrected chi connectivity index (χ4v) is 3.02. The van der Waals surface area contributed by atoms with Gasteiger partial charge in [-0.05, 0) is 11.4 Å². The van der Waals surface area contributed by atoms with Gasteiger partial charge < -0.3 is 18.9 Å². The van der Waals surface area contributed by atoms with Crippen LogP contribution in [0.4, 0.5) is 0 Å². The monoisotopic (exact) mass is 305 g/mol. The quantitative estimate of drug-likeness (QED) is 0.488. The molecular formula is C15H19N3O4. The minimum Gasteiger partial charge on any atom is -0.355 e. The molecule has 1 aromatic carbocycles. The van der Waals surface area contributed by atoms with Gasteiger partial charge in [0.05, 0.1) is 18.8 Å². The van der Waals surface area contributed by atoms with E-state index in [4.69, 9.17) is 24.5 Å². The molecule has 3 unspecified atom stereocenters. The second-order valence-electron chi connectivity index (χ2n) is 5.51. The first-order chi connectivity index (χ1) is 10.7. The molecule has 6 atom stereocenters. The van der Waals surface area contributed by atoms with E-state index >= 15 is 0 Å². The topological polar surface area (TPSA) is 85.7 Å². The highest BCUT2D eigenvalue weighted by molar-refractivity contribution is 5.16. The van der Waals surface area contributed by atoms with Gasteiger partial charge in [-0.3, -0.25) is 0 Å². The molecule has 2 fully saturated rings. The van der Waals surface area contributed by atoms with Gasteiger partial charge in [0, 0.05) is 17.6 Å². The van der Waals surface area contributed by atoms with E-state index in [1.165, 1.54) is 7.11 Å². The third-order valence-electron chi connectivity index (χ3n) is 4.19. The van der Waals surface area contributed by atoms with Crippen molar-refractivity contribution in [3.63, 3.8) is 0 Å². The van der Waals surface area contributed by atoms with Gasteiger partial charge >= 0.3 is 0 Å². The number of methoxy groups -OCH3 is 1. The number of nitrogens with zero attached hydrogens (tertiary/aromatic N) is 3. The first-order valence-corrected chi connectivity index (χ1v) is 7.29. The summed E-state index contributed by atoms with van der Waals surface area (Å²) in [4.78, 5) is 2.90. The van der Waals surface area contributed by atoms with E-state index in [1.807, 2.05) is 37.3 Å². The lowest BCUT2D eigenvalue weighted by molar-refractivity contribution is -0.330. The normalized spacial score (nSPS) is 37.9. The van der Waals surface area contributed by atoms with Crippen molar-refractivity contribution in [3.05, 3.63) is 46.3 Å². The summed E-state index contributed by atoms with van der Waals surface area (Å²) in [6.45, 7) is 2.40. The second kappa shape index (κ2) is 6.64. The molecule has 0 spiro atoms. The average molecular weight is 305 g/mol. The Hall–Kier alpha value is -1.63. The molecule has 0 radical (unpaired) electrons. The minimum atomic E-state index is -0.576. The summed E-state index contributed by atoms with van der Waals surface area (Å²) in [5.41, 5.74) is 9.72. The van der Waals surface area contributed by atoms with Gasteiger partial charge in [-0.2, -0.15) is 0 Å². The predicted molar refractivity (Wildman–Crippen MR) is 77.8 cm³/mol. The summed E-state index contributed by atoms with van der Waals surface area (Å²) in [6.07, 6.45) is -1.45. The summed E-state index contributed by atoms with van der Waals surface area (Å²) >= 11 is 0. The van der Waals surface area contributed by atoms with Gasteiger partial charge in [0.15, 0.2) is 12.6 Å². The van der Waals surface area contributed by atoms with E-state index in [0.717, 1.165) is 5.56 Å². The zero-order valence-corrected chi connectivity index (χ0v) is 12.5. The SMILES string of the molecule is CO[C@H]1OC2COC(c3ccccc3)O[C@H]2[C@H](C)C1N=[N+]=[N-]. The predicted octanol–water partition coefficient (Wildman–Crippen LogP) is 2.79. The van der Waals surface area contributed by atoms with Crippen LogP contribution in [0.25, 0.3) is 10.4 Å². The van der Waals surface area contributed by atoms with Crippen LogP contribution in [0.5, 0.6) is 0 Å². The van der Waals surface area contributed by atoms with Crippen molar-refractivity contribution >= 4 is 0 Å². The molecule has 0 aromatic heterocycles. The van der Waals surface area contributed by atoms with Crippen molar-refractivity contribution in [2.75, 3.05) is 13.7 Å². The molecule has 118 valence electrons. The van der Waals surface area contributed by atoms with Crippen molar-refractivity contribution in [3.8, 4) is 0 Å². The van der Waals surface area contributed by atoms with Crippen LogP contribution >= 0.6 is 0 Å². The summed E-state index contributed by atoms with van der Waals surface area (Å²) in [7, 11) is 1.54. The van der Waals surface area contributed by atoms with Crippen LogP contribution in [0, 0.1) is 5.92 Å². The highest BCUT2D eigenvalue weighted by Crippen LogP contribution is 2.37. The maximum atomic E-state index is 8.76. The molecule has 0 bridgehead atoms. The van der Waals surface area contributed by atoms with Crippen molar-refractivity contribution < 1.29 is 18.9 Å². The lowest BCUT2D eigenvalue weighted by Crippen LogP contribution is -2.57. The third-order valence-corrected chi connectivity index (χ3v) is 4.19. The highest BCUT2D eigenvalue weighted by atomic mass is 16.7. The second-order valence-corrected chi connectivity index (χ2v) is 5.51. The Balaban J connectivity index is 1.79. The molecule has 7 nitrogen and oxygen atoms in total. The van der Waals surface area contributed by atoms with Crippen LogP contribution in [0.2, 0.25) is 0 Å². The zero-order chi connectivity index (χ0) is 15.5. The van der Waals surface area contributed by atoms with E-state index in [9.17, 15) is 0 Å². The third kappa shape index (κ3) is 2.82. The summed E-state index contributed by atoms with van der Waals surface area (Å²) < 4.78 is 22.9. The molecule has 0 saturated carbocycles. The Morgan fingerprint density at radius 2 is 2.05 bits per heavy atom. The Morgan fingerprint density at radius 3 is 2.73 bits per heavy atom. The molecule has 2 saturated heterocycles. The van der Waals surface area contributed by atoms with Crippen LogP contribution in [-0.2, 0) is 18.9 Å². The lowest BCUT2D eigenvalue weighted by Gasteiger charge is -2.47. The highest BCUT2D eigenvalue weighted by Gasteiger charge is 2.47. The number of fused-ring (bicyclic) bond motifs is 1. The molecule has 22 heavy (non-hydrogen) atoms. The first-order valence-electron chi connectivity index (χ1n) is 7.29. The largest absolute Gasteiger partial charge is 0.355 e. The van der Waals surface area contributed by atoms with E-state index in [2.05, 4.69) is 10.0 Å². The Morgan fingerprint density at radius 1 is 1.27 bits per heavy atom. The van der Waals surface area contributed by atoms with Crippen LogP contribution < -0.4 is 0 Å². The van der Waals surface area contributed by atoms with Crippen LogP contribution in [-0.4, -0.2) is 38.3 Å². The molecule has 0 aliphatic carbocycles. The van der Waals surface area contributed by atoms with Gasteiger partial charge in [0.1, 0.15) is 6.10 Å². The van der Waals surface area contributed by atoms with Gasteiger partial charge in [-0.1, -0.05) is 42.4 Å². The number of rotatable bonds is 3. The molecule has 1 aromatic rings. The van der Waals surface area contributed by atoms with Crippen LogP contribution in [0.1, 0.15) is 18.8 Å². The molecule has 0 N–H and O–H groups in total. The Labute approximate surface area is 128 Å². The molecule has 0 amide bonds. The van der Waals surface area contributed by atoms with Crippen molar-refractivity contribution in [2.45, 2.75) is 37.8 Å². The molecule has 2 aliphatic heterocycles. The number of hydrogen-bond donors (Lipinski definition) is 0. The van der Waals surface area contributed by atoms with Gasteiger partial charge in [-0.25, -0.2) is 0 Å². The van der Waals surface area contributed by atoms with Crippen molar-refractivity contribution in [1.29, 1.82) is 0 Å². The van der Waals surface area contributed by atoms with Crippen molar-refractivity contribution in [1.82, 2.24) is 0 Å². The summed E-state index contributed by atoms with van der Waals surface area (Å²) in [6, 6.07) is 9.33. The van der Waals surface area contributed by atoms with E-state index in [-0.39, 0.29) is 18.1 Å². The maximum absolute atomic E-state index is 8.76. The number of azide groups is 1. The van der Waals surface area contributed by atoms with E-state index in [1.54, 1.807) is 0 Å². The Kier molecular flexibility index (Phi) is 4.61. The summed E-state index contributed by atoms with van der Waals surface area (Å²) in [5, 5.41) is 3.82. The van der Waals surface area contributed by atoms with E-state index in [0.29, 0.717) is 6.61 Å².